The number of nitrogens with zero attached hydrogens (tertiary/aromatic N) is 1. The van der Waals surface area contributed by atoms with Gasteiger partial charge in [-0.2, -0.15) is 0 Å². The van der Waals surface area contributed by atoms with Gasteiger partial charge in [-0.05, 0) is 61.0 Å². The number of ether oxygens (including phenoxy) is 3. The van der Waals surface area contributed by atoms with Gasteiger partial charge >= 0.3 is 0 Å². The largest absolute Gasteiger partial charge is 0.495 e. The Morgan fingerprint density at radius 3 is 2.58 bits per heavy atom. The third kappa shape index (κ3) is 7.45. The number of hydrogen-bond acceptors (Lipinski definition) is 8. The number of para-hydroxylation sites is 2. The predicted molar refractivity (Wildman–Crippen MR) is 166 cm³/mol. The lowest BCUT2D eigenvalue weighted by molar-refractivity contribution is -0.123. The van der Waals surface area contributed by atoms with Crippen LogP contribution in [-0.4, -0.2) is 37.1 Å². The molecule has 2 amide bonds. The highest BCUT2D eigenvalue weighted by molar-refractivity contribution is 7.22. The summed E-state index contributed by atoms with van der Waals surface area (Å²) < 4.78 is 32.7. The highest BCUT2D eigenvalue weighted by Gasteiger charge is 2.16. The first kappa shape index (κ1) is 29.5. The third-order valence-electron chi connectivity index (χ3n) is 6.25. The molecule has 0 aliphatic heterocycles. The summed E-state index contributed by atoms with van der Waals surface area (Å²) >= 11 is 1.47. The molecule has 5 aromatic rings. The molecule has 0 unspecified atom stereocenters. The van der Waals surface area contributed by atoms with Crippen molar-refractivity contribution in [2.75, 3.05) is 30.9 Å². The molecule has 0 spiro atoms. The Balaban J connectivity index is 1.25. The lowest BCUT2D eigenvalue weighted by Crippen LogP contribution is -2.21. The van der Waals surface area contributed by atoms with Crippen LogP contribution < -0.4 is 30.6 Å². The van der Waals surface area contributed by atoms with Gasteiger partial charge in [0.1, 0.15) is 23.7 Å². The van der Waals surface area contributed by atoms with Crippen LogP contribution in [0.1, 0.15) is 12.8 Å². The number of benzene rings is 3. The first-order valence-corrected chi connectivity index (χ1v) is 14.3. The molecule has 9 nitrogen and oxygen atoms in total. The second-order valence-corrected chi connectivity index (χ2v) is 10.4. The van der Waals surface area contributed by atoms with E-state index in [1.54, 1.807) is 36.5 Å². The van der Waals surface area contributed by atoms with Crippen molar-refractivity contribution in [2.24, 2.45) is 5.73 Å². The molecule has 0 saturated heterocycles. The van der Waals surface area contributed by atoms with Crippen LogP contribution in [0, 0.1) is 5.82 Å². The quantitative estimate of drug-likeness (QED) is 0.109. The van der Waals surface area contributed by atoms with E-state index in [0.29, 0.717) is 35.9 Å². The summed E-state index contributed by atoms with van der Waals surface area (Å²) in [6, 6.07) is 22.3. The van der Waals surface area contributed by atoms with Crippen molar-refractivity contribution in [1.82, 2.24) is 4.98 Å². The van der Waals surface area contributed by atoms with Crippen LogP contribution in [0.5, 0.6) is 23.0 Å². The Hall–Kier alpha value is -5.00. The summed E-state index contributed by atoms with van der Waals surface area (Å²) in [6.07, 6.45) is 1.91. The second-order valence-electron chi connectivity index (χ2n) is 9.37. The fraction of sp³-hybridized carbons (Fsp3) is 0.156. The van der Waals surface area contributed by atoms with Gasteiger partial charge in [0.15, 0.2) is 11.6 Å². The zero-order valence-corrected chi connectivity index (χ0v) is 24.1. The molecule has 0 aliphatic carbocycles. The van der Waals surface area contributed by atoms with E-state index in [1.807, 2.05) is 30.3 Å². The van der Waals surface area contributed by atoms with Crippen molar-refractivity contribution in [1.29, 1.82) is 0 Å². The highest BCUT2D eigenvalue weighted by Crippen LogP contribution is 2.40. The summed E-state index contributed by atoms with van der Waals surface area (Å²) in [5, 5.41) is 5.17. The van der Waals surface area contributed by atoms with E-state index in [1.165, 1.54) is 30.6 Å². The molecule has 5 rings (SSSR count). The SMILES string of the molecule is COc1ccccc1NC(=O)CC(=O)Nc1ccc(Oc2ccnc3cc(-c4cccc(OCCCN)c4)sc23)c(F)c1. The normalized spacial score (nSPS) is 10.8. The number of carbonyl (C=O) groups is 2. The van der Waals surface area contributed by atoms with Crippen molar-refractivity contribution in [3.05, 3.63) is 90.9 Å². The van der Waals surface area contributed by atoms with Crippen LogP contribution in [0.25, 0.3) is 20.7 Å². The first-order chi connectivity index (χ1) is 20.9. The van der Waals surface area contributed by atoms with E-state index in [9.17, 15) is 9.59 Å². The van der Waals surface area contributed by atoms with Gasteiger partial charge in [-0.15, -0.1) is 11.3 Å². The molecule has 11 heteroatoms. The number of pyridine rings is 1. The molecule has 0 radical (unpaired) electrons. The minimum Gasteiger partial charge on any atom is -0.495 e. The van der Waals surface area contributed by atoms with Crippen molar-refractivity contribution < 1.29 is 28.2 Å². The second kappa shape index (κ2) is 13.8. The zero-order valence-electron chi connectivity index (χ0n) is 23.3. The zero-order chi connectivity index (χ0) is 30.2. The number of carbonyl (C=O) groups excluding carboxylic acids is 2. The Kier molecular flexibility index (Phi) is 9.45. The molecule has 4 N–H and O–H groups in total. The molecule has 2 heterocycles. The minimum absolute atomic E-state index is 0.0235. The van der Waals surface area contributed by atoms with E-state index in [0.717, 1.165) is 33.4 Å². The number of halogens is 1. The monoisotopic (exact) mass is 600 g/mol. The van der Waals surface area contributed by atoms with Crippen molar-refractivity contribution >= 4 is 44.7 Å². The molecule has 2 aromatic heterocycles. The van der Waals surface area contributed by atoms with E-state index in [4.69, 9.17) is 19.9 Å². The smallest absolute Gasteiger partial charge is 0.233 e. The van der Waals surface area contributed by atoms with Crippen molar-refractivity contribution in [3.63, 3.8) is 0 Å². The molecule has 0 saturated carbocycles. The number of rotatable bonds is 12. The Morgan fingerprint density at radius 1 is 0.930 bits per heavy atom. The number of nitrogens with two attached hydrogens (primary N) is 1. The van der Waals surface area contributed by atoms with Gasteiger partial charge in [0.2, 0.25) is 11.8 Å². The van der Waals surface area contributed by atoms with Crippen molar-refractivity contribution in [2.45, 2.75) is 12.8 Å². The van der Waals surface area contributed by atoms with Crippen LogP contribution >= 0.6 is 11.3 Å². The maximum absolute atomic E-state index is 15.1. The van der Waals surface area contributed by atoms with Crippen LogP contribution in [0.3, 0.4) is 0 Å². The molecule has 0 aliphatic rings. The number of nitrogens with one attached hydrogen (secondary N) is 2. The van der Waals surface area contributed by atoms with Gasteiger partial charge in [0.05, 0.1) is 29.6 Å². The van der Waals surface area contributed by atoms with E-state index >= 15 is 4.39 Å². The average molecular weight is 601 g/mol. The van der Waals surface area contributed by atoms with E-state index in [2.05, 4.69) is 15.6 Å². The number of amides is 2. The topological polar surface area (TPSA) is 125 Å². The maximum Gasteiger partial charge on any atom is 0.233 e. The highest BCUT2D eigenvalue weighted by atomic mass is 32.1. The van der Waals surface area contributed by atoms with Crippen LogP contribution in [-0.2, 0) is 9.59 Å². The molecular weight excluding hydrogens is 571 g/mol. The molecule has 3 aromatic carbocycles. The Labute approximate surface area is 251 Å². The molecule has 0 atom stereocenters. The van der Waals surface area contributed by atoms with Gasteiger partial charge in [-0.1, -0.05) is 24.3 Å². The third-order valence-corrected chi connectivity index (χ3v) is 7.44. The summed E-state index contributed by atoms with van der Waals surface area (Å²) in [5.74, 6) is -0.178. The lowest BCUT2D eigenvalue weighted by Gasteiger charge is -2.11. The van der Waals surface area contributed by atoms with E-state index < -0.39 is 24.1 Å². The average Bonchev–Trinajstić information content (AvgIpc) is 3.45. The van der Waals surface area contributed by atoms with Crippen molar-refractivity contribution in [3.8, 4) is 33.4 Å². The Bertz CT molecular complexity index is 1760. The maximum atomic E-state index is 15.1. The number of thiophene rings is 1. The summed E-state index contributed by atoms with van der Waals surface area (Å²) in [4.78, 5) is 30.2. The molecule has 43 heavy (non-hydrogen) atoms. The summed E-state index contributed by atoms with van der Waals surface area (Å²) in [5.41, 5.74) is 7.85. The predicted octanol–water partition coefficient (Wildman–Crippen LogP) is 6.60. The fourth-order valence-corrected chi connectivity index (χ4v) is 5.28. The molecule has 220 valence electrons. The first-order valence-electron chi connectivity index (χ1n) is 13.5. The Morgan fingerprint density at radius 2 is 1.77 bits per heavy atom. The number of aromatic nitrogens is 1. The van der Waals surface area contributed by atoms with Gasteiger partial charge in [-0.25, -0.2) is 4.39 Å². The standard InChI is InChI=1S/C32H29FN4O5S/c1-40-27-9-3-2-8-24(27)37-31(39)19-30(38)36-21-10-11-26(23(33)17-21)42-28-12-14-35-25-18-29(43-32(25)28)20-6-4-7-22(16-20)41-15-5-13-34/h2-4,6-12,14,16-18H,5,13,15,19,34H2,1H3,(H,36,38)(H,37,39). The molecular formula is C32H29FN4O5S. The van der Waals surface area contributed by atoms with Crippen LogP contribution in [0.15, 0.2) is 85.1 Å². The lowest BCUT2D eigenvalue weighted by atomic mass is 10.2. The number of methoxy groups -OCH3 is 1. The number of hydrogen-bond donors (Lipinski definition) is 3. The molecule has 0 bridgehead atoms. The van der Waals surface area contributed by atoms with E-state index in [-0.39, 0.29) is 11.4 Å². The molecule has 0 fully saturated rings. The summed E-state index contributed by atoms with van der Waals surface area (Å²) in [6.45, 7) is 1.10. The summed E-state index contributed by atoms with van der Waals surface area (Å²) in [7, 11) is 1.48. The minimum atomic E-state index is -0.680. The number of fused-ring (bicyclic) bond motifs is 1. The van der Waals surface area contributed by atoms with Crippen LogP contribution in [0.4, 0.5) is 15.8 Å². The van der Waals surface area contributed by atoms with Gasteiger partial charge in [0.25, 0.3) is 0 Å². The van der Waals surface area contributed by atoms with Gasteiger partial charge in [-0.3, -0.25) is 14.6 Å². The van der Waals surface area contributed by atoms with Gasteiger partial charge < -0.3 is 30.6 Å². The van der Waals surface area contributed by atoms with Crippen LogP contribution in [0.2, 0.25) is 0 Å². The fourth-order valence-electron chi connectivity index (χ4n) is 4.22. The van der Waals surface area contributed by atoms with Gasteiger partial charge in [0, 0.05) is 28.9 Å². The number of anilines is 2.